The number of rotatable bonds is 9. The van der Waals surface area contributed by atoms with Crippen molar-refractivity contribution < 1.29 is 27.9 Å². The Balaban J connectivity index is 1.79. The average Bonchev–Trinajstić information content (AvgIpc) is 2.83. The van der Waals surface area contributed by atoms with Gasteiger partial charge in [0, 0.05) is 0 Å². The van der Waals surface area contributed by atoms with Crippen molar-refractivity contribution in [3.05, 3.63) is 90.0 Å². The maximum atomic E-state index is 13.2. The molecule has 0 aliphatic rings. The summed E-state index contributed by atoms with van der Waals surface area (Å²) >= 11 is 0. The second kappa shape index (κ2) is 10.4. The fraction of sp³-hybridized carbons (Fsp3) is 0.0870. The summed E-state index contributed by atoms with van der Waals surface area (Å²) in [7, 11) is -2.54. The first-order valence-electron chi connectivity index (χ1n) is 9.68. The zero-order valence-corrected chi connectivity index (χ0v) is 18.4. The van der Waals surface area contributed by atoms with Crippen LogP contribution >= 0.6 is 0 Å². The van der Waals surface area contributed by atoms with E-state index in [0.717, 1.165) is 4.31 Å². The SMILES string of the molecule is COc1ccc(N(CC(=O)N/N=C\c2ccc(C(=O)O)cc2)S(=O)(=O)c2ccccc2)cc1. The first-order valence-corrected chi connectivity index (χ1v) is 11.1. The summed E-state index contributed by atoms with van der Waals surface area (Å²) < 4.78 is 32.6. The van der Waals surface area contributed by atoms with E-state index in [1.807, 2.05) is 0 Å². The van der Waals surface area contributed by atoms with E-state index >= 15 is 0 Å². The average molecular weight is 468 g/mol. The van der Waals surface area contributed by atoms with Gasteiger partial charge in [-0.05, 0) is 54.1 Å². The number of nitrogens with zero attached hydrogens (tertiary/aromatic N) is 2. The molecule has 9 nitrogen and oxygen atoms in total. The van der Waals surface area contributed by atoms with E-state index in [2.05, 4.69) is 10.5 Å². The van der Waals surface area contributed by atoms with E-state index in [-0.39, 0.29) is 16.1 Å². The van der Waals surface area contributed by atoms with Gasteiger partial charge in [-0.1, -0.05) is 30.3 Å². The maximum absolute atomic E-state index is 13.2. The van der Waals surface area contributed by atoms with E-state index in [0.29, 0.717) is 11.3 Å². The van der Waals surface area contributed by atoms with Crippen LogP contribution in [0, 0.1) is 0 Å². The lowest BCUT2D eigenvalue weighted by atomic mass is 10.1. The van der Waals surface area contributed by atoms with Crippen LogP contribution in [0.1, 0.15) is 15.9 Å². The number of carbonyl (C=O) groups is 2. The Morgan fingerprint density at radius 2 is 1.64 bits per heavy atom. The molecule has 10 heteroatoms. The van der Waals surface area contributed by atoms with E-state index in [1.165, 1.54) is 49.7 Å². The van der Waals surface area contributed by atoms with E-state index in [1.54, 1.807) is 42.5 Å². The molecule has 0 bridgehead atoms. The highest BCUT2D eigenvalue weighted by Crippen LogP contribution is 2.25. The topological polar surface area (TPSA) is 125 Å². The Kier molecular flexibility index (Phi) is 7.42. The predicted molar refractivity (Wildman–Crippen MR) is 123 cm³/mol. The number of anilines is 1. The van der Waals surface area contributed by atoms with E-state index < -0.39 is 28.4 Å². The Labute approximate surface area is 191 Å². The summed E-state index contributed by atoms with van der Waals surface area (Å²) in [5.74, 6) is -1.17. The highest BCUT2D eigenvalue weighted by atomic mass is 32.2. The van der Waals surface area contributed by atoms with Gasteiger partial charge >= 0.3 is 5.97 Å². The number of hydrogen-bond donors (Lipinski definition) is 2. The first kappa shape index (κ1) is 23.5. The number of ether oxygens (including phenoxy) is 1. The van der Waals surface area contributed by atoms with Crippen LogP contribution < -0.4 is 14.5 Å². The quantitative estimate of drug-likeness (QED) is 0.368. The second-order valence-electron chi connectivity index (χ2n) is 6.74. The number of carboxylic acid groups (broad SMARTS) is 1. The van der Waals surface area contributed by atoms with Gasteiger partial charge in [-0.2, -0.15) is 5.10 Å². The van der Waals surface area contributed by atoms with Crippen LogP contribution in [0.5, 0.6) is 5.75 Å². The third-order valence-corrected chi connectivity index (χ3v) is 6.33. The number of nitrogens with one attached hydrogen (secondary N) is 1. The zero-order chi connectivity index (χ0) is 23.8. The van der Waals surface area contributed by atoms with Gasteiger partial charge in [0.2, 0.25) is 0 Å². The van der Waals surface area contributed by atoms with Crippen LogP contribution in [-0.2, 0) is 14.8 Å². The Hall–Kier alpha value is -4.18. The van der Waals surface area contributed by atoms with Gasteiger partial charge in [0.05, 0.1) is 29.5 Å². The van der Waals surface area contributed by atoms with Crippen molar-refractivity contribution >= 4 is 33.8 Å². The van der Waals surface area contributed by atoms with Crippen molar-refractivity contribution in [1.82, 2.24) is 5.43 Å². The molecule has 3 aromatic rings. The number of hydrazone groups is 1. The molecule has 0 unspecified atom stereocenters. The monoisotopic (exact) mass is 467 g/mol. The summed E-state index contributed by atoms with van der Waals surface area (Å²) in [5.41, 5.74) is 3.26. The van der Waals surface area contributed by atoms with Gasteiger partial charge in [0.25, 0.3) is 15.9 Å². The fourth-order valence-corrected chi connectivity index (χ4v) is 4.28. The van der Waals surface area contributed by atoms with Crippen LogP contribution in [0.2, 0.25) is 0 Å². The molecule has 0 aliphatic carbocycles. The van der Waals surface area contributed by atoms with Gasteiger partial charge in [-0.15, -0.1) is 0 Å². The van der Waals surface area contributed by atoms with Crippen LogP contribution in [0.3, 0.4) is 0 Å². The molecular formula is C23H21N3O6S. The van der Waals surface area contributed by atoms with Crippen molar-refractivity contribution in [3.8, 4) is 5.75 Å². The van der Waals surface area contributed by atoms with Crippen LogP contribution in [-0.4, -0.2) is 45.3 Å². The molecule has 2 N–H and O–H groups in total. The van der Waals surface area contributed by atoms with E-state index in [9.17, 15) is 18.0 Å². The van der Waals surface area contributed by atoms with Crippen LogP contribution in [0.4, 0.5) is 5.69 Å². The molecule has 0 atom stereocenters. The lowest BCUT2D eigenvalue weighted by molar-refractivity contribution is -0.119. The molecule has 0 saturated heterocycles. The minimum Gasteiger partial charge on any atom is -0.497 e. The third kappa shape index (κ3) is 5.95. The highest BCUT2D eigenvalue weighted by Gasteiger charge is 2.27. The Morgan fingerprint density at radius 1 is 1.00 bits per heavy atom. The first-order chi connectivity index (χ1) is 15.8. The number of aromatic carboxylic acids is 1. The Morgan fingerprint density at radius 3 is 2.21 bits per heavy atom. The van der Waals surface area contributed by atoms with Gasteiger partial charge < -0.3 is 9.84 Å². The Bertz CT molecular complexity index is 1240. The number of carboxylic acids is 1. The van der Waals surface area contributed by atoms with Crippen molar-refractivity contribution in [1.29, 1.82) is 0 Å². The molecule has 0 aromatic heterocycles. The molecule has 1 amide bonds. The molecule has 33 heavy (non-hydrogen) atoms. The van der Waals surface area contributed by atoms with Crippen LogP contribution in [0.15, 0.2) is 88.9 Å². The summed E-state index contributed by atoms with van der Waals surface area (Å²) in [5, 5.41) is 12.8. The number of methoxy groups -OCH3 is 1. The lowest BCUT2D eigenvalue weighted by Gasteiger charge is -2.23. The predicted octanol–water partition coefficient (Wildman–Crippen LogP) is 2.74. The van der Waals surface area contributed by atoms with Crippen molar-refractivity contribution in [2.24, 2.45) is 5.10 Å². The van der Waals surface area contributed by atoms with Crippen molar-refractivity contribution in [3.63, 3.8) is 0 Å². The summed E-state index contributed by atoms with van der Waals surface area (Å²) in [4.78, 5) is 23.5. The summed E-state index contributed by atoms with van der Waals surface area (Å²) in [6.07, 6.45) is 1.33. The zero-order valence-electron chi connectivity index (χ0n) is 17.6. The fourth-order valence-electron chi connectivity index (χ4n) is 2.84. The normalized spacial score (nSPS) is 11.2. The van der Waals surface area contributed by atoms with Crippen molar-refractivity contribution in [2.75, 3.05) is 18.0 Å². The molecule has 0 aliphatic heterocycles. The van der Waals surface area contributed by atoms with Crippen molar-refractivity contribution in [2.45, 2.75) is 4.90 Å². The molecular weight excluding hydrogens is 446 g/mol. The highest BCUT2D eigenvalue weighted by molar-refractivity contribution is 7.92. The lowest BCUT2D eigenvalue weighted by Crippen LogP contribution is -2.39. The summed E-state index contributed by atoms with van der Waals surface area (Å²) in [6, 6.07) is 19.9. The largest absolute Gasteiger partial charge is 0.497 e. The number of benzene rings is 3. The number of hydrogen-bond acceptors (Lipinski definition) is 6. The van der Waals surface area contributed by atoms with Gasteiger partial charge in [-0.3, -0.25) is 9.10 Å². The molecule has 0 radical (unpaired) electrons. The standard InChI is InChI=1S/C23H21N3O6S/c1-32-20-13-11-19(12-14-20)26(33(30,31)21-5-3-2-4-6-21)16-22(27)25-24-15-17-7-9-18(10-8-17)23(28)29/h2-15H,16H2,1H3,(H,25,27)(H,28,29)/b24-15-. The molecule has 0 spiro atoms. The minimum absolute atomic E-state index is 0.0376. The second-order valence-corrected chi connectivity index (χ2v) is 8.61. The number of carbonyl (C=O) groups excluding carboxylic acids is 1. The van der Waals surface area contributed by atoms with Gasteiger partial charge in [-0.25, -0.2) is 18.6 Å². The minimum atomic E-state index is -4.03. The number of sulfonamides is 1. The molecule has 0 fully saturated rings. The smallest absolute Gasteiger partial charge is 0.335 e. The van der Waals surface area contributed by atoms with Crippen LogP contribution in [0.25, 0.3) is 0 Å². The van der Waals surface area contributed by atoms with E-state index in [4.69, 9.17) is 9.84 Å². The van der Waals surface area contributed by atoms with Gasteiger partial charge in [0.15, 0.2) is 0 Å². The molecule has 0 saturated carbocycles. The molecule has 3 aromatic carbocycles. The number of amides is 1. The third-order valence-electron chi connectivity index (χ3n) is 4.54. The molecule has 0 heterocycles. The molecule has 170 valence electrons. The molecule has 3 rings (SSSR count). The summed E-state index contributed by atoms with van der Waals surface area (Å²) in [6.45, 7) is -0.515. The maximum Gasteiger partial charge on any atom is 0.335 e. The van der Waals surface area contributed by atoms with Gasteiger partial charge in [0.1, 0.15) is 12.3 Å².